The van der Waals surface area contributed by atoms with Gasteiger partial charge in [-0.15, -0.1) is 0 Å². The molecule has 2 atom stereocenters. The van der Waals surface area contributed by atoms with E-state index in [4.69, 9.17) is 10.5 Å². The maximum absolute atomic E-state index is 6.19. The molecule has 2 rings (SSSR count). The van der Waals surface area contributed by atoms with Crippen molar-refractivity contribution in [1.29, 1.82) is 0 Å². The second-order valence-corrected chi connectivity index (χ2v) is 4.46. The third kappa shape index (κ3) is 2.62. The van der Waals surface area contributed by atoms with Gasteiger partial charge >= 0.3 is 0 Å². The third-order valence-corrected chi connectivity index (χ3v) is 3.08. The van der Waals surface area contributed by atoms with Crippen molar-refractivity contribution in [2.75, 3.05) is 6.61 Å². The molecule has 1 aliphatic heterocycles. The quantitative estimate of drug-likeness (QED) is 0.829. The average Bonchev–Trinajstić information content (AvgIpc) is 2.89. The van der Waals surface area contributed by atoms with E-state index in [1.165, 1.54) is 6.42 Å². The van der Waals surface area contributed by atoms with Crippen LogP contribution in [0.25, 0.3) is 0 Å². The fourth-order valence-electron chi connectivity index (χ4n) is 2.30. The molecule has 0 spiro atoms. The lowest BCUT2D eigenvalue weighted by Crippen LogP contribution is -2.22. The van der Waals surface area contributed by atoms with Crippen LogP contribution in [0.1, 0.15) is 44.5 Å². The summed E-state index contributed by atoms with van der Waals surface area (Å²) in [6, 6.07) is 0.00431. The number of nitrogens with zero attached hydrogens (tertiary/aromatic N) is 2. The summed E-state index contributed by atoms with van der Waals surface area (Å²) in [7, 11) is 0. The van der Waals surface area contributed by atoms with Crippen molar-refractivity contribution < 1.29 is 4.74 Å². The molecular weight excluding hydrogens is 202 g/mol. The van der Waals surface area contributed by atoms with Crippen LogP contribution in [-0.2, 0) is 11.3 Å². The highest BCUT2D eigenvalue weighted by Gasteiger charge is 2.21. The summed E-state index contributed by atoms with van der Waals surface area (Å²) in [5, 5.41) is 0. The van der Waals surface area contributed by atoms with Gasteiger partial charge in [0.15, 0.2) is 0 Å². The summed E-state index contributed by atoms with van der Waals surface area (Å²) >= 11 is 0. The lowest BCUT2D eigenvalue weighted by molar-refractivity contribution is 0.0973. The predicted octanol–water partition coefficient (Wildman–Crippen LogP) is 1.86. The summed E-state index contributed by atoms with van der Waals surface area (Å²) in [5.41, 5.74) is 6.19. The van der Waals surface area contributed by atoms with E-state index < -0.39 is 0 Å². The van der Waals surface area contributed by atoms with Gasteiger partial charge in [-0.1, -0.05) is 6.92 Å². The van der Waals surface area contributed by atoms with Crippen LogP contribution in [0.15, 0.2) is 12.4 Å². The van der Waals surface area contributed by atoms with Crippen molar-refractivity contribution in [2.24, 2.45) is 5.73 Å². The predicted molar refractivity (Wildman–Crippen MR) is 63.0 cm³/mol. The number of aryl methyl sites for hydroxylation is 1. The molecule has 0 aliphatic carbocycles. The molecule has 0 amide bonds. The maximum atomic E-state index is 6.19. The first-order valence-electron chi connectivity index (χ1n) is 6.19. The number of aromatic nitrogens is 2. The molecule has 2 heterocycles. The summed E-state index contributed by atoms with van der Waals surface area (Å²) in [4.78, 5) is 4.36. The van der Waals surface area contributed by atoms with Gasteiger partial charge in [0.2, 0.25) is 0 Å². The number of hydrogen-bond acceptors (Lipinski definition) is 3. The van der Waals surface area contributed by atoms with Gasteiger partial charge in [-0.25, -0.2) is 4.98 Å². The number of ether oxygens (including phenoxy) is 1. The van der Waals surface area contributed by atoms with Gasteiger partial charge in [0, 0.05) is 25.5 Å². The standard InChI is InChI=1S/C12H21N3O/c1-2-6-15-7-5-14-12(15)11(13)9-10-4-3-8-16-10/h5,7,10-11H,2-4,6,8-9,13H2,1H3. The minimum atomic E-state index is 0.00431. The Kier molecular flexibility index (Phi) is 3.96. The van der Waals surface area contributed by atoms with Gasteiger partial charge < -0.3 is 15.0 Å². The highest BCUT2D eigenvalue weighted by Crippen LogP contribution is 2.22. The van der Waals surface area contributed by atoms with Crippen LogP contribution in [0.4, 0.5) is 0 Å². The second kappa shape index (κ2) is 5.46. The van der Waals surface area contributed by atoms with Crippen LogP contribution in [0.5, 0.6) is 0 Å². The van der Waals surface area contributed by atoms with Crippen LogP contribution >= 0.6 is 0 Å². The zero-order valence-corrected chi connectivity index (χ0v) is 9.93. The molecule has 16 heavy (non-hydrogen) atoms. The molecule has 90 valence electrons. The van der Waals surface area contributed by atoms with Gasteiger partial charge in [0.05, 0.1) is 12.1 Å². The van der Waals surface area contributed by atoms with Crippen LogP contribution < -0.4 is 5.73 Å². The minimum Gasteiger partial charge on any atom is -0.378 e. The van der Waals surface area contributed by atoms with E-state index in [2.05, 4.69) is 16.5 Å². The van der Waals surface area contributed by atoms with Gasteiger partial charge in [-0.3, -0.25) is 0 Å². The van der Waals surface area contributed by atoms with E-state index in [1.54, 1.807) is 0 Å². The number of hydrogen-bond donors (Lipinski definition) is 1. The summed E-state index contributed by atoms with van der Waals surface area (Å²) in [6.45, 7) is 4.05. The van der Waals surface area contributed by atoms with E-state index in [1.807, 2.05) is 12.4 Å². The SMILES string of the molecule is CCCn1ccnc1C(N)CC1CCCO1. The molecule has 1 aromatic heterocycles. The first-order chi connectivity index (χ1) is 7.81. The van der Waals surface area contributed by atoms with Crippen molar-refractivity contribution >= 4 is 0 Å². The second-order valence-electron chi connectivity index (χ2n) is 4.46. The van der Waals surface area contributed by atoms with E-state index in [-0.39, 0.29) is 6.04 Å². The fraction of sp³-hybridized carbons (Fsp3) is 0.750. The number of nitrogens with two attached hydrogens (primary N) is 1. The molecule has 2 N–H and O–H groups in total. The summed E-state index contributed by atoms with van der Waals surface area (Å²) < 4.78 is 7.76. The number of rotatable bonds is 5. The smallest absolute Gasteiger partial charge is 0.125 e. The Balaban J connectivity index is 1.96. The molecule has 1 aliphatic rings. The van der Waals surface area contributed by atoms with E-state index in [0.717, 1.165) is 38.2 Å². The van der Waals surface area contributed by atoms with Crippen molar-refractivity contribution in [2.45, 2.75) is 51.3 Å². The van der Waals surface area contributed by atoms with Crippen LogP contribution in [0.3, 0.4) is 0 Å². The molecule has 0 saturated carbocycles. The first kappa shape index (κ1) is 11.6. The van der Waals surface area contributed by atoms with Gasteiger partial charge in [-0.2, -0.15) is 0 Å². The third-order valence-electron chi connectivity index (χ3n) is 3.08. The maximum Gasteiger partial charge on any atom is 0.125 e. The molecule has 0 radical (unpaired) electrons. The fourth-order valence-corrected chi connectivity index (χ4v) is 2.30. The Labute approximate surface area is 96.8 Å². The lowest BCUT2D eigenvalue weighted by atomic mass is 10.1. The van der Waals surface area contributed by atoms with Crippen molar-refractivity contribution in [3.05, 3.63) is 18.2 Å². The minimum absolute atomic E-state index is 0.00431. The molecule has 1 aromatic rings. The monoisotopic (exact) mass is 223 g/mol. The van der Waals surface area contributed by atoms with E-state index in [0.29, 0.717) is 6.10 Å². The average molecular weight is 223 g/mol. The molecule has 1 saturated heterocycles. The first-order valence-corrected chi connectivity index (χ1v) is 6.19. The zero-order valence-electron chi connectivity index (χ0n) is 9.93. The molecular formula is C12H21N3O. The Morgan fingerprint density at radius 2 is 2.56 bits per heavy atom. The highest BCUT2D eigenvalue weighted by molar-refractivity contribution is 4.99. The normalized spacial score (nSPS) is 22.5. The van der Waals surface area contributed by atoms with Crippen molar-refractivity contribution in [3.8, 4) is 0 Å². The van der Waals surface area contributed by atoms with Crippen molar-refractivity contribution in [1.82, 2.24) is 9.55 Å². The van der Waals surface area contributed by atoms with Crippen molar-refractivity contribution in [3.63, 3.8) is 0 Å². The molecule has 0 bridgehead atoms. The zero-order chi connectivity index (χ0) is 11.4. The Bertz CT molecular complexity index is 318. The highest BCUT2D eigenvalue weighted by atomic mass is 16.5. The van der Waals surface area contributed by atoms with E-state index >= 15 is 0 Å². The Morgan fingerprint density at radius 3 is 3.25 bits per heavy atom. The molecule has 0 aromatic carbocycles. The summed E-state index contributed by atoms with van der Waals surface area (Å²) in [6.07, 6.45) is 8.48. The van der Waals surface area contributed by atoms with Crippen LogP contribution in [0, 0.1) is 0 Å². The largest absolute Gasteiger partial charge is 0.378 e. The number of imidazole rings is 1. The van der Waals surface area contributed by atoms with Gasteiger partial charge in [0.1, 0.15) is 5.82 Å². The molecule has 2 unspecified atom stereocenters. The van der Waals surface area contributed by atoms with Gasteiger partial charge in [0.25, 0.3) is 0 Å². The Hall–Kier alpha value is -0.870. The van der Waals surface area contributed by atoms with Crippen LogP contribution in [-0.4, -0.2) is 22.3 Å². The summed E-state index contributed by atoms with van der Waals surface area (Å²) in [5.74, 6) is 0.998. The van der Waals surface area contributed by atoms with Crippen LogP contribution in [0.2, 0.25) is 0 Å². The van der Waals surface area contributed by atoms with E-state index in [9.17, 15) is 0 Å². The lowest BCUT2D eigenvalue weighted by Gasteiger charge is -2.17. The molecule has 4 heteroatoms. The molecule has 4 nitrogen and oxygen atoms in total. The Morgan fingerprint density at radius 1 is 1.69 bits per heavy atom. The topological polar surface area (TPSA) is 53.1 Å². The molecule has 1 fully saturated rings. The van der Waals surface area contributed by atoms with Gasteiger partial charge in [-0.05, 0) is 25.7 Å².